The average molecular weight is 977 g/mol. The van der Waals surface area contributed by atoms with Gasteiger partial charge in [0.1, 0.15) is 55.4 Å². The van der Waals surface area contributed by atoms with Crippen LogP contribution in [0.3, 0.4) is 0 Å². The maximum atomic E-state index is 12.9. The Kier molecular flexibility index (Phi) is 37.8. The Morgan fingerprint density at radius 1 is 0.412 bits per heavy atom. The van der Waals surface area contributed by atoms with Gasteiger partial charge in [-0.1, -0.05) is 206 Å². The fourth-order valence-electron chi connectivity index (χ4n) is 9.04. The Balaban J connectivity index is 1.69. The fourth-order valence-corrected chi connectivity index (χ4v) is 9.04. The molecule has 0 saturated carbocycles. The van der Waals surface area contributed by atoms with Crippen LogP contribution in [-0.2, 0) is 38.0 Å². The van der Waals surface area contributed by atoms with Gasteiger partial charge in [0.2, 0.25) is 0 Å². The molecular formula is C53H100O15. The second kappa shape index (κ2) is 41.0. The van der Waals surface area contributed by atoms with Crippen LogP contribution in [-0.4, -0.2) is 142 Å². The van der Waals surface area contributed by atoms with Crippen molar-refractivity contribution in [3.8, 4) is 0 Å². The highest BCUT2D eigenvalue weighted by Gasteiger charge is 2.47. The van der Waals surface area contributed by atoms with E-state index in [1.165, 1.54) is 154 Å². The molecule has 7 N–H and O–H groups in total. The molecule has 15 nitrogen and oxygen atoms in total. The Hall–Kier alpha value is -1.50. The lowest BCUT2D eigenvalue weighted by molar-refractivity contribution is -0.332. The van der Waals surface area contributed by atoms with Crippen molar-refractivity contribution in [3.05, 3.63) is 0 Å². The molecule has 4 unspecified atom stereocenters. The van der Waals surface area contributed by atoms with Crippen molar-refractivity contribution in [2.75, 3.05) is 26.4 Å². The van der Waals surface area contributed by atoms with Gasteiger partial charge >= 0.3 is 11.9 Å². The molecule has 0 aliphatic carbocycles. The molecule has 2 saturated heterocycles. The van der Waals surface area contributed by atoms with E-state index in [0.717, 1.165) is 38.5 Å². The van der Waals surface area contributed by atoms with Crippen LogP contribution in [0.4, 0.5) is 0 Å². The number of carbonyl (C=O) groups is 2. The van der Waals surface area contributed by atoms with Crippen LogP contribution in [0.5, 0.6) is 0 Å². The number of esters is 2. The van der Waals surface area contributed by atoms with Crippen molar-refractivity contribution in [2.24, 2.45) is 0 Å². The minimum atomic E-state index is -1.76. The number of carbonyl (C=O) groups excluding carboxylic acids is 2. The number of hydrogen-bond donors (Lipinski definition) is 7. The van der Waals surface area contributed by atoms with Crippen molar-refractivity contribution >= 4 is 11.9 Å². The van der Waals surface area contributed by atoms with E-state index in [4.69, 9.17) is 28.4 Å². The molecule has 0 radical (unpaired) electrons. The minimum Gasteiger partial charge on any atom is -0.462 e. The van der Waals surface area contributed by atoms with Gasteiger partial charge in [-0.05, 0) is 12.8 Å². The van der Waals surface area contributed by atoms with Gasteiger partial charge in [0.15, 0.2) is 18.7 Å². The monoisotopic (exact) mass is 977 g/mol. The van der Waals surface area contributed by atoms with Crippen molar-refractivity contribution < 1.29 is 73.8 Å². The summed E-state index contributed by atoms with van der Waals surface area (Å²) in [5, 5.41) is 72.0. The average Bonchev–Trinajstić information content (AvgIpc) is 3.33. The Morgan fingerprint density at radius 2 is 0.750 bits per heavy atom. The summed E-state index contributed by atoms with van der Waals surface area (Å²) in [5.41, 5.74) is 0. The van der Waals surface area contributed by atoms with Gasteiger partial charge in [-0.15, -0.1) is 0 Å². The van der Waals surface area contributed by atoms with Crippen molar-refractivity contribution in [1.82, 2.24) is 0 Å². The first-order valence-corrected chi connectivity index (χ1v) is 27.6. The highest BCUT2D eigenvalue weighted by atomic mass is 16.7. The van der Waals surface area contributed by atoms with Crippen LogP contribution >= 0.6 is 0 Å². The summed E-state index contributed by atoms with van der Waals surface area (Å²) >= 11 is 0. The lowest BCUT2D eigenvalue weighted by Gasteiger charge is -2.42. The quantitative estimate of drug-likeness (QED) is 0.0225. The van der Waals surface area contributed by atoms with E-state index in [9.17, 15) is 45.3 Å². The van der Waals surface area contributed by atoms with Crippen molar-refractivity contribution in [3.63, 3.8) is 0 Å². The summed E-state index contributed by atoms with van der Waals surface area (Å²) in [5.74, 6) is -0.912. The number of unbranched alkanes of at least 4 members (excludes halogenated alkanes) is 30. The topological polar surface area (TPSA) is 231 Å². The SMILES string of the molecule is CCCCCCCCCCCCCCCCCCCCCCCCCC(=O)OC[C@@H](CO[C@@H]1O[C@H](CO[C@@H]2O[C@H](CO)[C@H](O)C(O)C2O)[C@H](O)C(O)C1O)OC(=O)CCCCCCCCCCC. The summed E-state index contributed by atoms with van der Waals surface area (Å²) in [6.07, 6.45) is 23.0. The molecule has 2 aliphatic heterocycles. The van der Waals surface area contributed by atoms with Gasteiger partial charge in [-0.2, -0.15) is 0 Å². The predicted molar refractivity (Wildman–Crippen MR) is 262 cm³/mol. The van der Waals surface area contributed by atoms with Crippen molar-refractivity contribution in [2.45, 2.75) is 300 Å². The van der Waals surface area contributed by atoms with E-state index in [1.807, 2.05) is 0 Å². The summed E-state index contributed by atoms with van der Waals surface area (Å²) in [7, 11) is 0. The number of aliphatic hydroxyl groups excluding tert-OH is 7. The van der Waals surface area contributed by atoms with E-state index < -0.39 is 92.7 Å². The molecule has 68 heavy (non-hydrogen) atoms. The first kappa shape index (κ1) is 62.6. The first-order valence-electron chi connectivity index (χ1n) is 27.6. The molecule has 0 spiro atoms. The Bertz CT molecular complexity index is 1190. The molecular weight excluding hydrogens is 877 g/mol. The molecule has 0 amide bonds. The third-order valence-corrected chi connectivity index (χ3v) is 13.6. The summed E-state index contributed by atoms with van der Waals surface area (Å²) in [4.78, 5) is 25.7. The third-order valence-electron chi connectivity index (χ3n) is 13.6. The lowest BCUT2D eigenvalue weighted by Crippen LogP contribution is -2.61. The number of aliphatic hydroxyl groups is 7. The van der Waals surface area contributed by atoms with Crippen LogP contribution in [0.2, 0.25) is 0 Å². The van der Waals surface area contributed by atoms with Crippen LogP contribution in [0.1, 0.15) is 232 Å². The number of ether oxygens (including phenoxy) is 6. The Labute approximate surface area is 410 Å². The van der Waals surface area contributed by atoms with Gasteiger partial charge < -0.3 is 64.2 Å². The molecule has 0 aromatic carbocycles. The third kappa shape index (κ3) is 28.5. The fraction of sp³-hybridized carbons (Fsp3) is 0.962. The highest BCUT2D eigenvalue weighted by molar-refractivity contribution is 5.70. The van der Waals surface area contributed by atoms with Crippen molar-refractivity contribution in [1.29, 1.82) is 0 Å². The normalized spacial score (nSPS) is 25.7. The van der Waals surface area contributed by atoms with Crippen LogP contribution in [0, 0.1) is 0 Å². The van der Waals surface area contributed by atoms with Crippen LogP contribution in [0.25, 0.3) is 0 Å². The maximum Gasteiger partial charge on any atom is 0.306 e. The molecule has 0 aromatic rings. The van der Waals surface area contributed by atoms with Gasteiger partial charge in [-0.3, -0.25) is 9.59 Å². The molecule has 402 valence electrons. The second-order valence-electron chi connectivity index (χ2n) is 19.8. The zero-order chi connectivity index (χ0) is 49.6. The van der Waals surface area contributed by atoms with E-state index in [2.05, 4.69) is 13.8 Å². The largest absolute Gasteiger partial charge is 0.462 e. The van der Waals surface area contributed by atoms with Crippen LogP contribution < -0.4 is 0 Å². The Morgan fingerprint density at radius 3 is 1.15 bits per heavy atom. The standard InChI is InChI=1S/C53H100O15/c1-3-5-7-9-11-13-14-15-16-17-18-19-20-21-22-23-24-25-26-28-29-31-33-35-44(55)63-38-41(66-45(56)36-34-32-30-27-12-10-8-6-4-2)39-64-52-51(62)49(60)47(58)43(68-52)40-65-53-50(61)48(59)46(57)42(37-54)67-53/h41-43,46-54,57-62H,3-40H2,1-2H3/t41-,42+,43+,46-,47-,48?,49?,50?,51?,52+,53+/m0/s1. The zero-order valence-electron chi connectivity index (χ0n) is 42.6. The summed E-state index contributed by atoms with van der Waals surface area (Å²) in [6, 6.07) is 0. The van der Waals surface area contributed by atoms with E-state index in [0.29, 0.717) is 12.8 Å². The number of hydrogen-bond acceptors (Lipinski definition) is 15. The number of rotatable bonds is 44. The van der Waals surface area contributed by atoms with Gasteiger partial charge in [0, 0.05) is 12.8 Å². The molecule has 0 bridgehead atoms. The van der Waals surface area contributed by atoms with E-state index in [-0.39, 0.29) is 26.1 Å². The minimum absolute atomic E-state index is 0.171. The van der Waals surface area contributed by atoms with E-state index in [1.54, 1.807) is 0 Å². The summed E-state index contributed by atoms with van der Waals surface area (Å²) < 4.78 is 33.6. The highest BCUT2D eigenvalue weighted by Crippen LogP contribution is 2.27. The molecule has 0 aromatic heterocycles. The predicted octanol–water partition coefficient (Wildman–Crippen LogP) is 8.39. The van der Waals surface area contributed by atoms with Gasteiger partial charge in [-0.25, -0.2) is 0 Å². The molecule has 2 heterocycles. The van der Waals surface area contributed by atoms with Gasteiger partial charge in [0.25, 0.3) is 0 Å². The maximum absolute atomic E-state index is 12.9. The van der Waals surface area contributed by atoms with Crippen LogP contribution in [0.15, 0.2) is 0 Å². The molecule has 2 rings (SSSR count). The molecule has 2 aliphatic rings. The summed E-state index contributed by atoms with van der Waals surface area (Å²) in [6.45, 7) is 2.60. The second-order valence-corrected chi connectivity index (χ2v) is 19.8. The molecule has 11 atom stereocenters. The van der Waals surface area contributed by atoms with Gasteiger partial charge in [0.05, 0.1) is 19.8 Å². The lowest BCUT2D eigenvalue weighted by atomic mass is 9.98. The smallest absolute Gasteiger partial charge is 0.306 e. The molecule has 15 heteroatoms. The molecule has 2 fully saturated rings. The zero-order valence-corrected chi connectivity index (χ0v) is 42.6. The first-order chi connectivity index (χ1) is 33.0. The van der Waals surface area contributed by atoms with E-state index >= 15 is 0 Å².